The third-order valence-corrected chi connectivity index (χ3v) is 2.64. The average molecular weight is 281 g/mol. The molecule has 0 unspecified atom stereocenters. The molecule has 0 N–H and O–H groups in total. The van der Waals surface area contributed by atoms with Gasteiger partial charge < -0.3 is 4.74 Å². The summed E-state index contributed by atoms with van der Waals surface area (Å²) in [6.07, 6.45) is 0. The van der Waals surface area contributed by atoms with E-state index in [0.29, 0.717) is 12.4 Å². The number of halogens is 2. The molecule has 3 heteroatoms. The van der Waals surface area contributed by atoms with E-state index in [0.717, 1.165) is 10.0 Å². The summed E-state index contributed by atoms with van der Waals surface area (Å²) in [5, 5.41) is 0. The van der Waals surface area contributed by atoms with Crippen molar-refractivity contribution in [2.45, 2.75) is 6.61 Å². The minimum absolute atomic E-state index is 0.284. The highest BCUT2D eigenvalue weighted by molar-refractivity contribution is 9.10. The lowest BCUT2D eigenvalue weighted by molar-refractivity contribution is 0.304. The van der Waals surface area contributed by atoms with Crippen LogP contribution in [0.3, 0.4) is 0 Å². The van der Waals surface area contributed by atoms with Crippen molar-refractivity contribution in [3.63, 3.8) is 0 Å². The van der Waals surface area contributed by atoms with Crippen LogP contribution in [0.5, 0.6) is 5.75 Å². The van der Waals surface area contributed by atoms with Gasteiger partial charge >= 0.3 is 0 Å². The Hall–Kier alpha value is -1.35. The number of hydrogen-bond donors (Lipinski definition) is 0. The number of hydrogen-bond acceptors (Lipinski definition) is 1. The highest BCUT2D eigenvalue weighted by Gasteiger charge is 1.97. The van der Waals surface area contributed by atoms with Crippen LogP contribution in [-0.2, 0) is 6.61 Å². The van der Waals surface area contributed by atoms with Gasteiger partial charge in [-0.25, -0.2) is 4.39 Å². The first-order chi connectivity index (χ1) is 7.74. The quantitative estimate of drug-likeness (QED) is 0.820. The van der Waals surface area contributed by atoms with Gasteiger partial charge in [0.25, 0.3) is 0 Å². The highest BCUT2D eigenvalue weighted by Crippen LogP contribution is 2.15. The predicted octanol–water partition coefficient (Wildman–Crippen LogP) is 4.17. The van der Waals surface area contributed by atoms with E-state index in [9.17, 15) is 4.39 Å². The topological polar surface area (TPSA) is 9.23 Å². The first kappa shape index (κ1) is 11.1. The Bertz CT molecular complexity index is 468. The summed E-state index contributed by atoms with van der Waals surface area (Å²) in [4.78, 5) is 0. The van der Waals surface area contributed by atoms with Gasteiger partial charge in [0.05, 0.1) is 0 Å². The third-order valence-electron chi connectivity index (χ3n) is 2.11. The largest absolute Gasteiger partial charge is 0.489 e. The van der Waals surface area contributed by atoms with Crippen molar-refractivity contribution in [1.29, 1.82) is 0 Å². The Balaban J connectivity index is 1.99. The molecule has 1 nitrogen and oxygen atoms in total. The predicted molar refractivity (Wildman–Crippen MR) is 64.9 cm³/mol. The van der Waals surface area contributed by atoms with Gasteiger partial charge in [0.2, 0.25) is 0 Å². The smallest absolute Gasteiger partial charge is 0.126 e. The van der Waals surface area contributed by atoms with Crippen LogP contribution in [0.4, 0.5) is 4.39 Å². The van der Waals surface area contributed by atoms with Crippen molar-refractivity contribution < 1.29 is 9.13 Å². The molecule has 0 aliphatic carbocycles. The maximum atomic E-state index is 12.9. The Morgan fingerprint density at radius 3 is 2.50 bits per heavy atom. The van der Waals surface area contributed by atoms with Gasteiger partial charge in [0.15, 0.2) is 0 Å². The van der Waals surface area contributed by atoms with Gasteiger partial charge in [-0.3, -0.25) is 0 Å². The summed E-state index contributed by atoms with van der Waals surface area (Å²) < 4.78 is 19.3. The summed E-state index contributed by atoms with van der Waals surface area (Å²) in [6.45, 7) is 0.441. The molecule has 0 saturated carbocycles. The van der Waals surface area contributed by atoms with E-state index in [1.807, 2.05) is 24.3 Å². The van der Waals surface area contributed by atoms with E-state index in [2.05, 4.69) is 15.9 Å². The summed E-state index contributed by atoms with van der Waals surface area (Å²) >= 11 is 3.36. The van der Waals surface area contributed by atoms with Crippen molar-refractivity contribution in [3.8, 4) is 5.75 Å². The molecule has 0 amide bonds. The SMILES string of the molecule is Fc1cccc(OCc2ccc(Br)cc2)c1. The summed E-state index contributed by atoms with van der Waals surface area (Å²) in [5.74, 6) is 0.260. The Kier molecular flexibility index (Phi) is 3.57. The van der Waals surface area contributed by atoms with E-state index in [1.165, 1.54) is 12.1 Å². The van der Waals surface area contributed by atoms with Gasteiger partial charge in [-0.2, -0.15) is 0 Å². The minimum atomic E-state index is -0.284. The molecular weight excluding hydrogens is 271 g/mol. The van der Waals surface area contributed by atoms with Crippen LogP contribution in [0, 0.1) is 5.82 Å². The van der Waals surface area contributed by atoms with Gasteiger partial charge in [0, 0.05) is 10.5 Å². The maximum absolute atomic E-state index is 12.9. The van der Waals surface area contributed by atoms with Gasteiger partial charge in [0.1, 0.15) is 18.2 Å². The first-order valence-corrected chi connectivity index (χ1v) is 5.66. The molecule has 82 valence electrons. The van der Waals surface area contributed by atoms with Crippen molar-refractivity contribution >= 4 is 15.9 Å². The zero-order chi connectivity index (χ0) is 11.4. The second-order valence-corrected chi connectivity index (χ2v) is 4.29. The number of benzene rings is 2. The molecular formula is C13H10BrFO. The third kappa shape index (κ3) is 3.07. The van der Waals surface area contributed by atoms with Crippen molar-refractivity contribution in [3.05, 3.63) is 64.4 Å². The monoisotopic (exact) mass is 280 g/mol. The van der Waals surface area contributed by atoms with Crippen LogP contribution in [-0.4, -0.2) is 0 Å². The second kappa shape index (κ2) is 5.12. The second-order valence-electron chi connectivity index (χ2n) is 3.37. The van der Waals surface area contributed by atoms with Crippen molar-refractivity contribution in [2.24, 2.45) is 0 Å². The van der Waals surface area contributed by atoms with E-state index >= 15 is 0 Å². The lowest BCUT2D eigenvalue weighted by Gasteiger charge is -2.06. The van der Waals surface area contributed by atoms with E-state index < -0.39 is 0 Å². The molecule has 0 spiro atoms. The zero-order valence-electron chi connectivity index (χ0n) is 8.49. The van der Waals surface area contributed by atoms with E-state index in [1.54, 1.807) is 12.1 Å². The summed E-state index contributed by atoms with van der Waals surface area (Å²) in [7, 11) is 0. The average Bonchev–Trinajstić information content (AvgIpc) is 2.28. The maximum Gasteiger partial charge on any atom is 0.126 e. The molecule has 0 atom stereocenters. The molecule has 0 fully saturated rings. The van der Waals surface area contributed by atoms with Crippen molar-refractivity contribution in [1.82, 2.24) is 0 Å². The Labute approximate surface area is 102 Å². The molecule has 16 heavy (non-hydrogen) atoms. The van der Waals surface area contributed by atoms with Crippen LogP contribution in [0.25, 0.3) is 0 Å². The van der Waals surface area contributed by atoms with E-state index in [4.69, 9.17) is 4.74 Å². The number of rotatable bonds is 3. The number of ether oxygens (including phenoxy) is 1. The fourth-order valence-corrected chi connectivity index (χ4v) is 1.57. The highest BCUT2D eigenvalue weighted by atomic mass is 79.9. The van der Waals surface area contributed by atoms with Gasteiger partial charge in [-0.1, -0.05) is 34.1 Å². The Morgan fingerprint density at radius 2 is 1.81 bits per heavy atom. The lowest BCUT2D eigenvalue weighted by Crippen LogP contribution is -1.95. The van der Waals surface area contributed by atoms with Crippen LogP contribution >= 0.6 is 15.9 Å². The summed E-state index contributed by atoms with van der Waals surface area (Å²) in [6, 6.07) is 14.0. The molecule has 0 aromatic heterocycles. The van der Waals surface area contributed by atoms with Crippen LogP contribution in [0.1, 0.15) is 5.56 Å². The van der Waals surface area contributed by atoms with Gasteiger partial charge in [-0.15, -0.1) is 0 Å². The molecule has 2 aromatic rings. The van der Waals surface area contributed by atoms with Crippen LogP contribution in [0.2, 0.25) is 0 Å². The Morgan fingerprint density at radius 1 is 1.06 bits per heavy atom. The molecule has 2 aromatic carbocycles. The van der Waals surface area contributed by atoms with Crippen molar-refractivity contribution in [2.75, 3.05) is 0 Å². The molecule has 0 heterocycles. The minimum Gasteiger partial charge on any atom is -0.489 e. The fourth-order valence-electron chi connectivity index (χ4n) is 1.30. The molecule has 0 bridgehead atoms. The molecule has 2 rings (SSSR count). The zero-order valence-corrected chi connectivity index (χ0v) is 10.1. The normalized spacial score (nSPS) is 10.1. The van der Waals surface area contributed by atoms with Crippen LogP contribution in [0.15, 0.2) is 53.0 Å². The standard InChI is InChI=1S/C13H10BrFO/c14-11-6-4-10(5-7-11)9-16-13-3-1-2-12(15)8-13/h1-8H,9H2. The summed E-state index contributed by atoms with van der Waals surface area (Å²) in [5.41, 5.74) is 1.05. The van der Waals surface area contributed by atoms with Gasteiger partial charge in [-0.05, 0) is 29.8 Å². The first-order valence-electron chi connectivity index (χ1n) is 4.87. The molecule has 0 radical (unpaired) electrons. The fraction of sp³-hybridized carbons (Fsp3) is 0.0769. The molecule has 0 aliphatic rings. The molecule has 0 aliphatic heterocycles. The van der Waals surface area contributed by atoms with Crippen LogP contribution < -0.4 is 4.74 Å². The molecule has 0 saturated heterocycles. The lowest BCUT2D eigenvalue weighted by atomic mass is 10.2. The van der Waals surface area contributed by atoms with E-state index in [-0.39, 0.29) is 5.82 Å².